The number of anilines is 1. The maximum Gasteiger partial charge on any atom is 0.0683 e. The van der Waals surface area contributed by atoms with Gasteiger partial charge < -0.3 is 4.90 Å². The van der Waals surface area contributed by atoms with Gasteiger partial charge in [-0.25, -0.2) is 0 Å². The number of aryl methyl sites for hydroxylation is 1. The normalized spacial score (nSPS) is 11.1. The van der Waals surface area contributed by atoms with E-state index < -0.39 is 0 Å². The molecule has 0 heterocycles. The van der Waals surface area contributed by atoms with E-state index in [9.17, 15) is 0 Å². The summed E-state index contributed by atoms with van der Waals surface area (Å²) in [5, 5.41) is 9.01. The van der Waals surface area contributed by atoms with E-state index in [1.807, 2.05) is 13.8 Å². The first-order chi connectivity index (χ1) is 8.50. The van der Waals surface area contributed by atoms with Gasteiger partial charge in [-0.3, -0.25) is 0 Å². The Morgan fingerprint density at radius 1 is 1.28 bits per heavy atom. The molecule has 98 valence electrons. The van der Waals surface area contributed by atoms with E-state index in [0.29, 0.717) is 0 Å². The average Bonchev–Trinajstić information content (AvgIpc) is 2.36. The number of hydrogen-bond acceptors (Lipinski definition) is 2. The lowest BCUT2D eigenvalue weighted by molar-refractivity contribution is 0.435. The molecule has 0 unspecified atom stereocenters. The van der Waals surface area contributed by atoms with Crippen molar-refractivity contribution in [2.75, 3.05) is 18.0 Å². The van der Waals surface area contributed by atoms with Crippen LogP contribution in [-0.2, 0) is 0 Å². The molecule has 0 fully saturated rings. The van der Waals surface area contributed by atoms with Gasteiger partial charge in [0.25, 0.3) is 0 Å². The van der Waals surface area contributed by atoms with E-state index in [1.54, 1.807) is 0 Å². The zero-order chi connectivity index (χ0) is 13.6. The second-order valence-corrected chi connectivity index (χ2v) is 5.47. The predicted molar refractivity (Wildman–Crippen MR) is 77.7 cm³/mol. The predicted octanol–water partition coefficient (Wildman–Crippen LogP) is 4.15. The van der Waals surface area contributed by atoms with Crippen LogP contribution in [0.2, 0.25) is 0 Å². The molecule has 0 spiro atoms. The highest BCUT2D eigenvalue weighted by atomic mass is 15.1. The zero-order valence-corrected chi connectivity index (χ0v) is 12.0. The first-order valence-electron chi connectivity index (χ1n) is 6.72. The van der Waals surface area contributed by atoms with E-state index in [0.717, 1.165) is 25.9 Å². The van der Waals surface area contributed by atoms with Crippen molar-refractivity contribution in [1.82, 2.24) is 0 Å². The monoisotopic (exact) mass is 244 g/mol. The Bertz CT molecular complexity index is 415. The molecule has 0 aliphatic carbocycles. The van der Waals surface area contributed by atoms with Crippen LogP contribution >= 0.6 is 0 Å². The van der Waals surface area contributed by atoms with Crippen LogP contribution in [0.1, 0.15) is 39.2 Å². The molecule has 0 N–H and O–H groups in total. The molecule has 1 aromatic carbocycles. The van der Waals surface area contributed by atoms with Crippen molar-refractivity contribution >= 4 is 5.69 Å². The van der Waals surface area contributed by atoms with Gasteiger partial charge in [-0.1, -0.05) is 18.2 Å². The highest BCUT2D eigenvalue weighted by molar-refractivity contribution is 5.52. The highest BCUT2D eigenvalue weighted by Gasteiger charge is 2.16. The third kappa shape index (κ3) is 4.07. The fourth-order valence-corrected chi connectivity index (χ4v) is 2.13. The molecule has 0 radical (unpaired) electrons. The number of benzene rings is 1. The van der Waals surface area contributed by atoms with E-state index >= 15 is 0 Å². The van der Waals surface area contributed by atoms with Gasteiger partial charge in [-0.2, -0.15) is 5.26 Å². The summed E-state index contributed by atoms with van der Waals surface area (Å²) >= 11 is 0. The van der Waals surface area contributed by atoms with Crippen LogP contribution in [0.3, 0.4) is 0 Å². The fourth-order valence-electron chi connectivity index (χ4n) is 2.13. The van der Waals surface area contributed by atoms with Crippen LogP contribution in [-0.4, -0.2) is 13.1 Å². The number of para-hydroxylation sites is 1. The molecule has 0 saturated heterocycles. The lowest BCUT2D eigenvalue weighted by Crippen LogP contribution is -2.25. The molecule has 18 heavy (non-hydrogen) atoms. The van der Waals surface area contributed by atoms with E-state index in [2.05, 4.69) is 49.1 Å². The molecule has 0 saturated carbocycles. The summed E-state index contributed by atoms with van der Waals surface area (Å²) in [6, 6.07) is 10.9. The third-order valence-corrected chi connectivity index (χ3v) is 3.37. The van der Waals surface area contributed by atoms with Gasteiger partial charge in [0.15, 0.2) is 0 Å². The summed E-state index contributed by atoms with van der Waals surface area (Å²) in [6.45, 7) is 10.4. The summed E-state index contributed by atoms with van der Waals surface area (Å²) in [5.74, 6) is 0. The minimum Gasteiger partial charge on any atom is -0.372 e. The summed E-state index contributed by atoms with van der Waals surface area (Å²) < 4.78 is 0. The van der Waals surface area contributed by atoms with Crippen molar-refractivity contribution < 1.29 is 0 Å². The minimum atomic E-state index is -0.203. The van der Waals surface area contributed by atoms with Crippen molar-refractivity contribution in [3.63, 3.8) is 0 Å². The largest absolute Gasteiger partial charge is 0.372 e. The van der Waals surface area contributed by atoms with Gasteiger partial charge in [-0.15, -0.1) is 0 Å². The number of nitriles is 1. The van der Waals surface area contributed by atoms with E-state index in [1.165, 1.54) is 11.3 Å². The van der Waals surface area contributed by atoms with E-state index in [-0.39, 0.29) is 5.41 Å². The molecule has 0 atom stereocenters. The maximum absolute atomic E-state index is 9.01. The second-order valence-electron chi connectivity index (χ2n) is 5.47. The van der Waals surface area contributed by atoms with Gasteiger partial charge in [0.2, 0.25) is 0 Å². The molecule has 1 rings (SSSR count). The fraction of sp³-hybridized carbons (Fsp3) is 0.562. The molecule has 0 amide bonds. The zero-order valence-electron chi connectivity index (χ0n) is 12.0. The summed E-state index contributed by atoms with van der Waals surface area (Å²) in [5.41, 5.74) is 2.43. The van der Waals surface area contributed by atoms with Crippen LogP contribution in [0.5, 0.6) is 0 Å². The number of nitrogens with zero attached hydrogens (tertiary/aromatic N) is 2. The number of rotatable bonds is 6. The number of hydrogen-bond donors (Lipinski definition) is 0. The Kier molecular flexibility index (Phi) is 5.22. The van der Waals surface area contributed by atoms with Gasteiger partial charge in [-0.05, 0) is 52.2 Å². The molecule has 0 bridgehead atoms. The molecule has 1 aromatic rings. The second kappa shape index (κ2) is 6.44. The summed E-state index contributed by atoms with van der Waals surface area (Å²) in [7, 11) is 0. The van der Waals surface area contributed by atoms with Gasteiger partial charge in [0.1, 0.15) is 0 Å². The molecule has 0 aromatic heterocycles. The topological polar surface area (TPSA) is 27.0 Å². The smallest absolute Gasteiger partial charge is 0.0683 e. The van der Waals surface area contributed by atoms with Gasteiger partial charge in [0, 0.05) is 18.8 Å². The Hall–Kier alpha value is -1.49. The van der Waals surface area contributed by atoms with Crippen LogP contribution in [0, 0.1) is 23.7 Å². The Balaban J connectivity index is 2.59. The lowest BCUT2D eigenvalue weighted by atomic mass is 9.90. The SMILES string of the molecule is CCN(CCCC(C)(C)C#N)c1ccccc1C. The van der Waals surface area contributed by atoms with Crippen molar-refractivity contribution in [3.8, 4) is 6.07 Å². The first-order valence-corrected chi connectivity index (χ1v) is 6.72. The minimum absolute atomic E-state index is 0.203. The quantitative estimate of drug-likeness (QED) is 0.751. The van der Waals surface area contributed by atoms with Crippen molar-refractivity contribution in [2.45, 2.75) is 40.5 Å². The van der Waals surface area contributed by atoms with Crippen LogP contribution in [0.4, 0.5) is 5.69 Å². The van der Waals surface area contributed by atoms with Crippen molar-refractivity contribution in [1.29, 1.82) is 5.26 Å². The molecule has 2 nitrogen and oxygen atoms in total. The maximum atomic E-state index is 9.01. The van der Waals surface area contributed by atoms with Gasteiger partial charge in [0.05, 0.1) is 11.5 Å². The Morgan fingerprint density at radius 2 is 1.94 bits per heavy atom. The summed E-state index contributed by atoms with van der Waals surface area (Å²) in [6.07, 6.45) is 2.01. The van der Waals surface area contributed by atoms with Crippen molar-refractivity contribution in [3.05, 3.63) is 29.8 Å². The lowest BCUT2D eigenvalue weighted by Gasteiger charge is -2.26. The standard InChI is InChI=1S/C16H24N2/c1-5-18(12-8-11-16(3,4)13-17)15-10-7-6-9-14(15)2/h6-7,9-10H,5,8,11-12H2,1-4H3. The van der Waals surface area contributed by atoms with Crippen molar-refractivity contribution in [2.24, 2.45) is 5.41 Å². The molecule has 0 aliphatic heterocycles. The first kappa shape index (κ1) is 14.6. The average molecular weight is 244 g/mol. The van der Waals surface area contributed by atoms with Gasteiger partial charge >= 0.3 is 0 Å². The summed E-state index contributed by atoms with van der Waals surface area (Å²) in [4.78, 5) is 2.39. The molecular formula is C16H24N2. The Morgan fingerprint density at radius 3 is 2.50 bits per heavy atom. The molecule has 0 aliphatic rings. The third-order valence-electron chi connectivity index (χ3n) is 3.37. The Labute approximate surface area is 111 Å². The molecule has 2 heteroatoms. The van der Waals surface area contributed by atoms with Crippen LogP contribution < -0.4 is 4.90 Å². The molecular weight excluding hydrogens is 220 g/mol. The van der Waals surface area contributed by atoms with Crippen LogP contribution in [0.25, 0.3) is 0 Å². The van der Waals surface area contributed by atoms with Crippen LogP contribution in [0.15, 0.2) is 24.3 Å². The van der Waals surface area contributed by atoms with E-state index in [4.69, 9.17) is 5.26 Å². The highest BCUT2D eigenvalue weighted by Crippen LogP contribution is 2.23.